The third-order valence-electron chi connectivity index (χ3n) is 3.46. The number of nitrogens with one attached hydrogen (secondary N) is 2. The van der Waals surface area contributed by atoms with E-state index in [0.29, 0.717) is 11.5 Å². The van der Waals surface area contributed by atoms with E-state index in [0.717, 1.165) is 25.9 Å². The fourth-order valence-corrected chi connectivity index (χ4v) is 2.42. The van der Waals surface area contributed by atoms with Crippen LogP contribution in [-0.2, 0) is 7.05 Å². The van der Waals surface area contributed by atoms with Gasteiger partial charge < -0.3 is 10.6 Å². The van der Waals surface area contributed by atoms with E-state index < -0.39 is 0 Å². The lowest BCUT2D eigenvalue weighted by Crippen LogP contribution is -2.35. The molecule has 1 saturated heterocycles. The number of rotatable bonds is 4. The maximum Gasteiger partial charge on any atom is 0.334 e. The molecule has 2 heterocycles. The van der Waals surface area contributed by atoms with Crippen LogP contribution in [0.1, 0.15) is 38.3 Å². The van der Waals surface area contributed by atoms with Crippen molar-refractivity contribution in [2.75, 3.05) is 18.4 Å². The maximum absolute atomic E-state index is 11.3. The van der Waals surface area contributed by atoms with Crippen molar-refractivity contribution in [3.05, 3.63) is 15.8 Å². The monoisotopic (exact) mass is 267 g/mol. The number of hydrogen-bond donors (Lipinski definition) is 2. The van der Waals surface area contributed by atoms with Crippen molar-refractivity contribution in [3.8, 4) is 0 Å². The molecule has 1 aliphatic heterocycles. The molecular formula is C12H21N5O2. The van der Waals surface area contributed by atoms with Crippen LogP contribution in [0.3, 0.4) is 0 Å². The summed E-state index contributed by atoms with van der Waals surface area (Å²) in [5.74, 6) is 0.566. The second-order valence-corrected chi connectivity index (χ2v) is 5.29. The number of aryl methyl sites for hydroxylation is 1. The van der Waals surface area contributed by atoms with Gasteiger partial charge in [-0.05, 0) is 25.9 Å². The van der Waals surface area contributed by atoms with Gasteiger partial charge in [0, 0.05) is 19.0 Å². The molecule has 7 heteroatoms. The minimum atomic E-state index is -0.328. The summed E-state index contributed by atoms with van der Waals surface area (Å²) in [5, 5.41) is 22.2. The molecule has 2 rings (SSSR count). The summed E-state index contributed by atoms with van der Waals surface area (Å²) in [7, 11) is 1.75. The van der Waals surface area contributed by atoms with Crippen LogP contribution in [0.2, 0.25) is 0 Å². The van der Waals surface area contributed by atoms with Crippen LogP contribution in [0.25, 0.3) is 0 Å². The number of hydrogen-bond acceptors (Lipinski definition) is 5. The summed E-state index contributed by atoms with van der Waals surface area (Å²) < 4.78 is 1.59. The fourth-order valence-electron chi connectivity index (χ4n) is 2.42. The number of anilines is 1. The van der Waals surface area contributed by atoms with Gasteiger partial charge in [0.1, 0.15) is 5.69 Å². The number of nitro groups is 1. The van der Waals surface area contributed by atoms with Crippen molar-refractivity contribution < 1.29 is 4.92 Å². The third-order valence-corrected chi connectivity index (χ3v) is 3.46. The van der Waals surface area contributed by atoms with Gasteiger partial charge in [0.2, 0.25) is 5.82 Å². The van der Waals surface area contributed by atoms with E-state index in [1.807, 2.05) is 13.8 Å². The molecule has 0 spiro atoms. The van der Waals surface area contributed by atoms with E-state index in [-0.39, 0.29) is 22.6 Å². The summed E-state index contributed by atoms with van der Waals surface area (Å²) in [4.78, 5) is 11.0. The lowest BCUT2D eigenvalue weighted by Gasteiger charge is -2.24. The summed E-state index contributed by atoms with van der Waals surface area (Å²) in [6.07, 6.45) is 1.94. The van der Waals surface area contributed by atoms with Crippen molar-refractivity contribution in [2.24, 2.45) is 7.05 Å². The number of aromatic nitrogens is 2. The zero-order chi connectivity index (χ0) is 14.0. The Kier molecular flexibility index (Phi) is 4.04. The molecule has 0 radical (unpaired) electrons. The number of piperidine rings is 1. The molecule has 0 unspecified atom stereocenters. The molecule has 1 fully saturated rings. The quantitative estimate of drug-likeness (QED) is 0.639. The Labute approximate surface area is 112 Å². The topological polar surface area (TPSA) is 85.0 Å². The Morgan fingerprint density at radius 1 is 1.47 bits per heavy atom. The van der Waals surface area contributed by atoms with Crippen LogP contribution in [0.15, 0.2) is 0 Å². The number of nitrogens with zero attached hydrogens (tertiary/aromatic N) is 3. The van der Waals surface area contributed by atoms with Crippen LogP contribution in [-0.4, -0.2) is 33.8 Å². The molecule has 1 aromatic heterocycles. The lowest BCUT2D eigenvalue weighted by molar-refractivity contribution is -0.384. The zero-order valence-electron chi connectivity index (χ0n) is 11.6. The van der Waals surface area contributed by atoms with E-state index in [2.05, 4.69) is 15.7 Å². The average Bonchev–Trinajstić information content (AvgIpc) is 2.68. The molecule has 7 nitrogen and oxygen atoms in total. The van der Waals surface area contributed by atoms with Gasteiger partial charge in [-0.1, -0.05) is 13.8 Å². The van der Waals surface area contributed by atoms with E-state index in [4.69, 9.17) is 0 Å². The van der Waals surface area contributed by atoms with E-state index in [9.17, 15) is 10.1 Å². The molecule has 0 saturated carbocycles. The molecule has 106 valence electrons. The Morgan fingerprint density at radius 3 is 2.63 bits per heavy atom. The van der Waals surface area contributed by atoms with Gasteiger partial charge in [0.05, 0.1) is 4.92 Å². The Bertz CT molecular complexity index is 463. The van der Waals surface area contributed by atoms with Crippen LogP contribution in [0.4, 0.5) is 11.5 Å². The molecule has 19 heavy (non-hydrogen) atoms. The molecule has 2 N–H and O–H groups in total. The molecule has 1 aliphatic rings. The molecule has 0 aliphatic carbocycles. The zero-order valence-corrected chi connectivity index (χ0v) is 11.6. The highest BCUT2D eigenvalue weighted by Gasteiger charge is 2.29. The average molecular weight is 267 g/mol. The van der Waals surface area contributed by atoms with Crippen LogP contribution >= 0.6 is 0 Å². The Hall–Kier alpha value is -1.63. The Morgan fingerprint density at radius 2 is 2.11 bits per heavy atom. The normalized spacial score (nSPS) is 16.8. The van der Waals surface area contributed by atoms with E-state index in [1.165, 1.54) is 0 Å². The molecule has 0 aromatic carbocycles. The minimum absolute atomic E-state index is 0.0372. The van der Waals surface area contributed by atoms with Crippen LogP contribution < -0.4 is 10.6 Å². The Balaban J connectivity index is 2.30. The van der Waals surface area contributed by atoms with Crippen molar-refractivity contribution >= 4 is 11.5 Å². The van der Waals surface area contributed by atoms with Gasteiger partial charge in [-0.3, -0.25) is 10.1 Å². The smallest absolute Gasteiger partial charge is 0.334 e. The van der Waals surface area contributed by atoms with Crippen LogP contribution in [0, 0.1) is 10.1 Å². The van der Waals surface area contributed by atoms with Gasteiger partial charge in [0.25, 0.3) is 0 Å². The highest BCUT2D eigenvalue weighted by Crippen LogP contribution is 2.33. The van der Waals surface area contributed by atoms with Crippen molar-refractivity contribution in [1.29, 1.82) is 0 Å². The second kappa shape index (κ2) is 5.56. The van der Waals surface area contributed by atoms with Gasteiger partial charge in [-0.25, -0.2) is 4.68 Å². The highest BCUT2D eigenvalue weighted by molar-refractivity contribution is 5.61. The maximum atomic E-state index is 11.3. The van der Waals surface area contributed by atoms with Crippen molar-refractivity contribution in [1.82, 2.24) is 15.1 Å². The predicted octanol–water partition coefficient (Wildman–Crippen LogP) is 1.62. The largest absolute Gasteiger partial charge is 0.362 e. The van der Waals surface area contributed by atoms with Gasteiger partial charge in [-0.2, -0.15) is 5.10 Å². The summed E-state index contributed by atoms with van der Waals surface area (Å²) in [6.45, 7) is 5.73. The first-order chi connectivity index (χ1) is 9.00. The standard InChI is InChI=1S/C12H21N5O2/c1-8(2)10-11(17(18)19)12(16(3)15-10)14-9-4-6-13-7-5-9/h8-9,13-14H,4-7H2,1-3H3. The molecule has 1 aromatic rings. The van der Waals surface area contributed by atoms with Crippen LogP contribution in [0.5, 0.6) is 0 Å². The first-order valence-electron chi connectivity index (χ1n) is 6.69. The summed E-state index contributed by atoms with van der Waals surface area (Å²) >= 11 is 0. The SMILES string of the molecule is CC(C)c1nn(C)c(NC2CCNCC2)c1[N+](=O)[O-]. The third kappa shape index (κ3) is 2.86. The first kappa shape index (κ1) is 13.8. The first-order valence-corrected chi connectivity index (χ1v) is 6.69. The second-order valence-electron chi connectivity index (χ2n) is 5.29. The van der Waals surface area contributed by atoms with E-state index >= 15 is 0 Å². The van der Waals surface area contributed by atoms with Gasteiger partial charge in [0.15, 0.2) is 0 Å². The predicted molar refractivity (Wildman–Crippen MR) is 73.5 cm³/mol. The molecule has 0 amide bonds. The molecule has 0 atom stereocenters. The van der Waals surface area contributed by atoms with Gasteiger partial charge in [-0.15, -0.1) is 0 Å². The highest BCUT2D eigenvalue weighted by atomic mass is 16.6. The minimum Gasteiger partial charge on any atom is -0.362 e. The lowest BCUT2D eigenvalue weighted by atomic mass is 10.1. The van der Waals surface area contributed by atoms with E-state index in [1.54, 1.807) is 11.7 Å². The molecular weight excluding hydrogens is 246 g/mol. The van der Waals surface area contributed by atoms with Crippen molar-refractivity contribution in [3.63, 3.8) is 0 Å². The van der Waals surface area contributed by atoms with Crippen molar-refractivity contribution in [2.45, 2.75) is 38.6 Å². The molecule has 0 bridgehead atoms. The van der Waals surface area contributed by atoms with Gasteiger partial charge >= 0.3 is 5.69 Å². The summed E-state index contributed by atoms with van der Waals surface area (Å²) in [6, 6.07) is 0.273. The summed E-state index contributed by atoms with van der Waals surface area (Å²) in [5.41, 5.74) is 0.667. The fraction of sp³-hybridized carbons (Fsp3) is 0.750.